The molecule has 29 heavy (non-hydrogen) atoms. The van der Waals surface area contributed by atoms with Gasteiger partial charge in [-0.25, -0.2) is 4.57 Å². The normalized spacial score (nSPS) is 16.2. The molecule has 8 nitrogen and oxygen atoms in total. The fraction of sp³-hybridized carbons (Fsp3) is 0.625. The van der Waals surface area contributed by atoms with E-state index in [1.807, 2.05) is 33.9 Å². The largest absolute Gasteiger partial charge is 0.527 e. The lowest BCUT2D eigenvalue weighted by Crippen LogP contribution is -2.44. The van der Waals surface area contributed by atoms with Gasteiger partial charge in [-0.05, 0) is 37.2 Å². The standard InChI is InChI=1S/C16H25F3NO7PSi/c1-11(27-29(5,6)15(2,3)4)10-25-28(23,24)26-12-7-8-14(20(21)22)13(9-12)16(17,18)19/h7-9,11H,10H2,1-6H3,(H,23,24). The summed E-state index contributed by atoms with van der Waals surface area (Å²) in [4.78, 5) is 19.3. The van der Waals surface area contributed by atoms with Gasteiger partial charge in [0.15, 0.2) is 8.32 Å². The molecule has 0 aliphatic carbocycles. The van der Waals surface area contributed by atoms with Gasteiger partial charge in [0, 0.05) is 6.07 Å². The van der Waals surface area contributed by atoms with E-state index in [9.17, 15) is 32.7 Å². The average molecular weight is 459 g/mol. The van der Waals surface area contributed by atoms with Gasteiger partial charge in [-0.3, -0.25) is 19.5 Å². The van der Waals surface area contributed by atoms with E-state index in [0.717, 1.165) is 6.07 Å². The number of rotatable bonds is 8. The maximum Gasteiger partial charge on any atom is 0.527 e. The van der Waals surface area contributed by atoms with Gasteiger partial charge in [-0.2, -0.15) is 13.2 Å². The number of halogens is 3. The van der Waals surface area contributed by atoms with E-state index in [-0.39, 0.29) is 17.7 Å². The van der Waals surface area contributed by atoms with Crippen LogP contribution in [0.2, 0.25) is 18.1 Å². The number of alkyl halides is 3. The monoisotopic (exact) mass is 459 g/mol. The van der Waals surface area contributed by atoms with Crippen molar-refractivity contribution in [3.63, 3.8) is 0 Å². The van der Waals surface area contributed by atoms with E-state index in [1.54, 1.807) is 6.92 Å². The second-order valence-corrected chi connectivity index (χ2v) is 14.1. The van der Waals surface area contributed by atoms with Crippen LogP contribution in [0.3, 0.4) is 0 Å². The quantitative estimate of drug-likeness (QED) is 0.236. The highest BCUT2D eigenvalue weighted by Gasteiger charge is 2.40. The summed E-state index contributed by atoms with van der Waals surface area (Å²) in [6, 6.07) is 1.61. The SMILES string of the molecule is CC(COP(=O)(O)Oc1ccc([N+](=O)[O-])c(C(F)(F)F)c1)O[Si](C)(C)C(C)(C)C. The van der Waals surface area contributed by atoms with Crippen molar-refractivity contribution in [1.82, 2.24) is 0 Å². The van der Waals surface area contributed by atoms with Gasteiger partial charge in [0.25, 0.3) is 5.69 Å². The van der Waals surface area contributed by atoms with Gasteiger partial charge in [-0.1, -0.05) is 20.8 Å². The van der Waals surface area contributed by atoms with Crippen molar-refractivity contribution in [2.75, 3.05) is 6.61 Å². The summed E-state index contributed by atoms with van der Waals surface area (Å²) in [6.45, 7) is 11.3. The van der Waals surface area contributed by atoms with Crippen molar-refractivity contribution >= 4 is 21.8 Å². The van der Waals surface area contributed by atoms with E-state index in [2.05, 4.69) is 4.52 Å². The predicted octanol–water partition coefficient (Wildman–Crippen LogP) is 5.52. The first kappa shape index (κ1) is 25.6. The Labute approximate surface area is 167 Å². The van der Waals surface area contributed by atoms with E-state index in [1.165, 1.54) is 0 Å². The van der Waals surface area contributed by atoms with Gasteiger partial charge >= 0.3 is 14.0 Å². The Morgan fingerprint density at radius 1 is 1.28 bits per heavy atom. The number of nitro benzene ring substituents is 1. The molecule has 0 aliphatic rings. The molecule has 0 heterocycles. The molecule has 0 aliphatic heterocycles. The van der Waals surface area contributed by atoms with Gasteiger partial charge in [-0.15, -0.1) is 0 Å². The van der Waals surface area contributed by atoms with Crippen molar-refractivity contribution in [2.45, 2.75) is 58.1 Å². The highest BCUT2D eigenvalue weighted by Crippen LogP contribution is 2.46. The third kappa shape index (κ3) is 7.38. The summed E-state index contributed by atoms with van der Waals surface area (Å²) in [5, 5.41) is 10.6. The van der Waals surface area contributed by atoms with Crippen LogP contribution in [0.25, 0.3) is 0 Å². The van der Waals surface area contributed by atoms with Crippen LogP contribution < -0.4 is 4.52 Å². The molecule has 0 spiro atoms. The zero-order chi connectivity index (χ0) is 22.8. The summed E-state index contributed by atoms with van der Waals surface area (Å²) in [5.74, 6) is -0.688. The number of phosphoric ester groups is 1. The minimum Gasteiger partial charge on any atom is -0.412 e. The molecule has 1 aromatic rings. The van der Waals surface area contributed by atoms with Crippen molar-refractivity contribution in [2.24, 2.45) is 0 Å². The summed E-state index contributed by atoms with van der Waals surface area (Å²) >= 11 is 0. The number of hydrogen-bond acceptors (Lipinski definition) is 6. The maximum atomic E-state index is 13.0. The molecule has 1 N–H and O–H groups in total. The van der Waals surface area contributed by atoms with Crippen LogP contribution in [0, 0.1) is 10.1 Å². The molecule has 0 amide bonds. The third-order valence-corrected chi connectivity index (χ3v) is 9.99. The highest BCUT2D eigenvalue weighted by molar-refractivity contribution is 7.47. The number of phosphoric acid groups is 1. The molecule has 0 radical (unpaired) electrons. The second kappa shape index (κ2) is 8.72. The second-order valence-electron chi connectivity index (χ2n) is 7.98. The van der Waals surface area contributed by atoms with Crippen LogP contribution in [0.4, 0.5) is 18.9 Å². The zero-order valence-electron chi connectivity index (χ0n) is 16.9. The molecule has 1 rings (SSSR count). The van der Waals surface area contributed by atoms with Crippen LogP contribution in [0.15, 0.2) is 18.2 Å². The molecule has 0 aromatic heterocycles. The average Bonchev–Trinajstić information content (AvgIpc) is 2.50. The van der Waals surface area contributed by atoms with Crippen LogP contribution in [-0.2, 0) is 19.7 Å². The Hall–Kier alpha value is -1.46. The molecule has 166 valence electrons. The summed E-state index contributed by atoms with van der Waals surface area (Å²) in [5.41, 5.74) is -2.80. The van der Waals surface area contributed by atoms with Crippen molar-refractivity contribution in [3.05, 3.63) is 33.9 Å². The number of nitrogens with zero attached hydrogens (tertiary/aromatic N) is 1. The van der Waals surface area contributed by atoms with E-state index < -0.39 is 50.3 Å². The molecule has 0 saturated carbocycles. The topological polar surface area (TPSA) is 108 Å². The van der Waals surface area contributed by atoms with Gasteiger partial charge in [0.05, 0.1) is 17.6 Å². The first-order valence-corrected chi connectivity index (χ1v) is 13.0. The molecule has 2 unspecified atom stereocenters. The Kier molecular flexibility index (Phi) is 7.69. The Morgan fingerprint density at radius 3 is 2.28 bits per heavy atom. The van der Waals surface area contributed by atoms with Gasteiger partial charge in [0.2, 0.25) is 0 Å². The lowest BCUT2D eigenvalue weighted by molar-refractivity contribution is -0.388. The van der Waals surface area contributed by atoms with E-state index in [0.29, 0.717) is 6.07 Å². The van der Waals surface area contributed by atoms with E-state index >= 15 is 0 Å². The molecule has 0 saturated heterocycles. The Bertz CT molecular complexity index is 796. The molecule has 0 fully saturated rings. The minimum atomic E-state index is -5.05. The molecule has 2 atom stereocenters. The minimum absolute atomic E-state index is 0.104. The maximum absolute atomic E-state index is 13.0. The van der Waals surface area contributed by atoms with Crippen LogP contribution in [0.5, 0.6) is 5.75 Å². The summed E-state index contributed by atoms with van der Waals surface area (Å²) < 4.78 is 66.5. The Balaban J connectivity index is 2.88. The summed E-state index contributed by atoms with van der Waals surface area (Å²) in [7, 11) is -6.95. The fourth-order valence-electron chi connectivity index (χ4n) is 2.03. The lowest BCUT2D eigenvalue weighted by Gasteiger charge is -2.38. The van der Waals surface area contributed by atoms with Gasteiger partial charge in [0.1, 0.15) is 11.3 Å². The van der Waals surface area contributed by atoms with E-state index in [4.69, 9.17) is 8.95 Å². The molecular weight excluding hydrogens is 434 g/mol. The van der Waals surface area contributed by atoms with Crippen molar-refractivity contribution < 1.29 is 41.0 Å². The Morgan fingerprint density at radius 2 is 1.83 bits per heavy atom. The highest BCUT2D eigenvalue weighted by atomic mass is 31.2. The number of nitro groups is 1. The first-order chi connectivity index (χ1) is 12.9. The fourth-order valence-corrected chi connectivity index (χ4v) is 4.29. The van der Waals surface area contributed by atoms with Gasteiger partial charge < -0.3 is 8.95 Å². The lowest BCUT2D eigenvalue weighted by atomic mass is 10.1. The zero-order valence-corrected chi connectivity index (χ0v) is 18.8. The summed E-state index contributed by atoms with van der Waals surface area (Å²) in [6.07, 6.45) is -5.62. The third-order valence-electron chi connectivity index (χ3n) is 4.47. The molecule has 13 heteroatoms. The molecule has 0 bridgehead atoms. The molecular formula is C16H25F3NO7PSi. The predicted molar refractivity (Wildman–Crippen MR) is 102 cm³/mol. The van der Waals surface area contributed by atoms with Crippen molar-refractivity contribution in [1.29, 1.82) is 0 Å². The van der Waals surface area contributed by atoms with Crippen LogP contribution >= 0.6 is 7.82 Å². The van der Waals surface area contributed by atoms with Crippen LogP contribution in [0.1, 0.15) is 33.3 Å². The first-order valence-electron chi connectivity index (χ1n) is 8.56. The molecule has 1 aromatic carbocycles. The number of hydrogen-bond donors (Lipinski definition) is 1. The van der Waals surface area contributed by atoms with Crippen molar-refractivity contribution in [3.8, 4) is 5.75 Å². The number of benzene rings is 1. The van der Waals surface area contributed by atoms with Crippen LogP contribution in [-0.4, -0.2) is 30.8 Å². The smallest absolute Gasteiger partial charge is 0.412 e.